The highest BCUT2D eigenvalue weighted by Crippen LogP contribution is 2.11. The standard InChI is InChI=1S/C7H7NO3.C7H6O2/c9-5-6-1-3-7(4-2-6)8(10)11;8-7(9)6-4-2-1-3-5-6/h1-4,9H,5H2;1-5H,(H,8,9). The summed E-state index contributed by atoms with van der Waals surface area (Å²) in [4.78, 5) is 19.9. The number of nitrogens with zero attached hydrogens (tertiary/aromatic N) is 1. The third kappa shape index (κ3) is 4.87. The zero-order valence-electron chi connectivity index (χ0n) is 10.5. The van der Waals surface area contributed by atoms with Gasteiger partial charge in [-0.2, -0.15) is 0 Å². The summed E-state index contributed by atoms with van der Waals surface area (Å²) < 4.78 is 0. The molecule has 0 bridgehead atoms. The third-order valence-electron chi connectivity index (χ3n) is 2.35. The van der Waals surface area contributed by atoms with Crippen LogP contribution in [0.4, 0.5) is 5.69 Å². The van der Waals surface area contributed by atoms with E-state index in [1.807, 2.05) is 0 Å². The summed E-state index contributed by atoms with van der Waals surface area (Å²) in [6, 6.07) is 14.1. The van der Waals surface area contributed by atoms with E-state index in [-0.39, 0.29) is 12.3 Å². The molecule has 0 aliphatic heterocycles. The van der Waals surface area contributed by atoms with Crippen LogP contribution in [0.25, 0.3) is 0 Å². The second-order valence-corrected chi connectivity index (χ2v) is 3.75. The van der Waals surface area contributed by atoms with Gasteiger partial charge in [0.05, 0.1) is 17.1 Å². The molecule has 0 unspecified atom stereocenters. The number of carboxylic acids is 1. The van der Waals surface area contributed by atoms with E-state index in [9.17, 15) is 14.9 Å². The molecule has 6 nitrogen and oxygen atoms in total. The predicted octanol–water partition coefficient (Wildman–Crippen LogP) is 2.47. The smallest absolute Gasteiger partial charge is 0.335 e. The minimum atomic E-state index is -0.879. The number of non-ortho nitro benzene ring substituents is 1. The van der Waals surface area contributed by atoms with Gasteiger partial charge in [-0.15, -0.1) is 0 Å². The zero-order valence-corrected chi connectivity index (χ0v) is 10.5. The van der Waals surface area contributed by atoms with Gasteiger partial charge in [0.25, 0.3) is 5.69 Å². The molecule has 20 heavy (non-hydrogen) atoms. The van der Waals surface area contributed by atoms with Crippen molar-refractivity contribution >= 4 is 11.7 Å². The maximum absolute atomic E-state index is 10.2. The number of hydrogen-bond acceptors (Lipinski definition) is 4. The highest BCUT2D eigenvalue weighted by atomic mass is 16.6. The molecule has 2 aromatic rings. The molecule has 0 heterocycles. The number of nitro benzene ring substituents is 1. The molecule has 0 aliphatic carbocycles. The van der Waals surface area contributed by atoms with Gasteiger partial charge in [-0.05, 0) is 29.8 Å². The molecule has 0 saturated heterocycles. The van der Waals surface area contributed by atoms with Crippen molar-refractivity contribution in [2.75, 3.05) is 0 Å². The molecule has 0 radical (unpaired) electrons. The van der Waals surface area contributed by atoms with Gasteiger partial charge < -0.3 is 10.2 Å². The number of benzene rings is 2. The van der Waals surface area contributed by atoms with E-state index < -0.39 is 10.9 Å². The molecule has 6 heteroatoms. The van der Waals surface area contributed by atoms with Crippen molar-refractivity contribution in [2.45, 2.75) is 6.61 Å². The Hall–Kier alpha value is -2.73. The highest BCUT2D eigenvalue weighted by Gasteiger charge is 2.02. The second kappa shape index (κ2) is 7.65. The molecule has 0 amide bonds. The maximum atomic E-state index is 10.2. The number of carbonyl (C=O) groups is 1. The minimum absolute atomic E-state index is 0.0437. The zero-order chi connectivity index (χ0) is 15.0. The molecular weight excluding hydrogens is 262 g/mol. The van der Waals surface area contributed by atoms with Gasteiger partial charge in [0.2, 0.25) is 0 Å². The monoisotopic (exact) mass is 275 g/mol. The fourth-order valence-electron chi connectivity index (χ4n) is 1.30. The van der Waals surface area contributed by atoms with Gasteiger partial charge in [-0.3, -0.25) is 10.1 Å². The van der Waals surface area contributed by atoms with E-state index in [2.05, 4.69) is 0 Å². The van der Waals surface area contributed by atoms with Crippen LogP contribution < -0.4 is 0 Å². The summed E-state index contributed by atoms with van der Waals surface area (Å²) in [6.45, 7) is -0.0853. The van der Waals surface area contributed by atoms with Gasteiger partial charge in [-0.25, -0.2) is 4.79 Å². The Morgan fingerprint density at radius 3 is 1.95 bits per heavy atom. The largest absolute Gasteiger partial charge is 0.478 e. The fraction of sp³-hybridized carbons (Fsp3) is 0.0714. The molecule has 2 aromatic carbocycles. The molecule has 0 aromatic heterocycles. The van der Waals surface area contributed by atoms with Gasteiger partial charge in [0, 0.05) is 12.1 Å². The van der Waals surface area contributed by atoms with Crippen LogP contribution in [0.15, 0.2) is 54.6 Å². The first-order chi connectivity index (χ1) is 9.54. The minimum Gasteiger partial charge on any atom is -0.478 e. The molecule has 104 valence electrons. The van der Waals surface area contributed by atoms with E-state index in [1.54, 1.807) is 30.3 Å². The first kappa shape index (κ1) is 15.3. The number of carboxylic acid groups (broad SMARTS) is 1. The van der Waals surface area contributed by atoms with Crippen LogP contribution in [0.1, 0.15) is 15.9 Å². The molecule has 2 rings (SSSR count). The second-order valence-electron chi connectivity index (χ2n) is 3.75. The Bertz CT molecular complexity index is 566. The van der Waals surface area contributed by atoms with Gasteiger partial charge in [-0.1, -0.05) is 18.2 Å². The third-order valence-corrected chi connectivity index (χ3v) is 2.35. The predicted molar refractivity (Wildman–Crippen MR) is 72.4 cm³/mol. The highest BCUT2D eigenvalue weighted by molar-refractivity contribution is 5.87. The lowest BCUT2D eigenvalue weighted by molar-refractivity contribution is -0.384. The number of rotatable bonds is 3. The van der Waals surface area contributed by atoms with Crippen LogP contribution in [-0.4, -0.2) is 21.1 Å². The fourth-order valence-corrected chi connectivity index (χ4v) is 1.30. The Morgan fingerprint density at radius 2 is 1.60 bits per heavy atom. The van der Waals surface area contributed by atoms with Crippen molar-refractivity contribution in [1.82, 2.24) is 0 Å². The Labute approximate surface area is 115 Å². The van der Waals surface area contributed by atoms with E-state index in [1.165, 1.54) is 24.3 Å². The van der Waals surface area contributed by atoms with Crippen molar-refractivity contribution in [3.05, 3.63) is 75.8 Å². The number of aliphatic hydroxyl groups excluding tert-OH is 1. The summed E-state index contributed by atoms with van der Waals surface area (Å²) in [6.07, 6.45) is 0. The lowest BCUT2D eigenvalue weighted by atomic mass is 10.2. The van der Waals surface area contributed by atoms with Crippen molar-refractivity contribution < 1.29 is 19.9 Å². The molecule has 0 spiro atoms. The summed E-state index contributed by atoms with van der Waals surface area (Å²) in [7, 11) is 0. The van der Waals surface area contributed by atoms with Gasteiger partial charge >= 0.3 is 5.97 Å². The molecule has 2 N–H and O–H groups in total. The molecular formula is C14H13NO5. The summed E-state index contributed by atoms with van der Waals surface area (Å²) in [5, 5.41) is 27.1. The summed E-state index contributed by atoms with van der Waals surface area (Å²) >= 11 is 0. The van der Waals surface area contributed by atoms with Crippen LogP contribution in [-0.2, 0) is 6.61 Å². The molecule has 0 fully saturated rings. The normalized spacial score (nSPS) is 9.25. The van der Waals surface area contributed by atoms with Gasteiger partial charge in [0.1, 0.15) is 0 Å². The number of aromatic carboxylic acids is 1. The van der Waals surface area contributed by atoms with E-state index in [4.69, 9.17) is 10.2 Å². The number of aliphatic hydroxyl groups is 1. The summed E-state index contributed by atoms with van der Waals surface area (Å²) in [5.41, 5.74) is 1.05. The van der Waals surface area contributed by atoms with Crippen LogP contribution in [0.5, 0.6) is 0 Å². The van der Waals surface area contributed by atoms with Crippen molar-refractivity contribution in [2.24, 2.45) is 0 Å². The first-order valence-corrected chi connectivity index (χ1v) is 5.67. The van der Waals surface area contributed by atoms with Crippen LogP contribution >= 0.6 is 0 Å². The average molecular weight is 275 g/mol. The average Bonchev–Trinajstić information content (AvgIpc) is 2.49. The van der Waals surface area contributed by atoms with Crippen molar-refractivity contribution in [3.63, 3.8) is 0 Å². The Kier molecular flexibility index (Phi) is 5.86. The Morgan fingerprint density at radius 1 is 1.05 bits per heavy atom. The van der Waals surface area contributed by atoms with Crippen molar-refractivity contribution in [1.29, 1.82) is 0 Å². The maximum Gasteiger partial charge on any atom is 0.335 e. The summed E-state index contributed by atoms with van der Waals surface area (Å²) in [5.74, 6) is -0.879. The van der Waals surface area contributed by atoms with Crippen LogP contribution in [0.3, 0.4) is 0 Å². The van der Waals surface area contributed by atoms with E-state index in [0.29, 0.717) is 11.1 Å². The van der Waals surface area contributed by atoms with Crippen LogP contribution in [0.2, 0.25) is 0 Å². The number of nitro groups is 1. The SMILES string of the molecule is O=C(O)c1ccccc1.O=[N+]([O-])c1ccc(CO)cc1. The quantitative estimate of drug-likeness (QED) is 0.662. The van der Waals surface area contributed by atoms with Crippen molar-refractivity contribution in [3.8, 4) is 0 Å². The molecule has 0 saturated carbocycles. The Balaban J connectivity index is 0.000000204. The molecule has 0 aliphatic rings. The molecule has 0 atom stereocenters. The first-order valence-electron chi connectivity index (χ1n) is 5.67. The lowest BCUT2D eigenvalue weighted by Gasteiger charge is -1.93. The van der Waals surface area contributed by atoms with Crippen LogP contribution in [0, 0.1) is 10.1 Å². The van der Waals surface area contributed by atoms with Gasteiger partial charge in [0.15, 0.2) is 0 Å². The van der Waals surface area contributed by atoms with E-state index >= 15 is 0 Å². The lowest BCUT2D eigenvalue weighted by Crippen LogP contribution is -1.93. The number of hydrogen-bond donors (Lipinski definition) is 2. The topological polar surface area (TPSA) is 101 Å². The van der Waals surface area contributed by atoms with E-state index in [0.717, 1.165) is 0 Å².